The van der Waals surface area contributed by atoms with Gasteiger partial charge in [0.05, 0.1) is 18.5 Å². The van der Waals surface area contributed by atoms with Crippen molar-refractivity contribution in [2.24, 2.45) is 22.2 Å². The minimum Gasteiger partial charge on any atom is -0.332 e. The van der Waals surface area contributed by atoms with Gasteiger partial charge in [-0.2, -0.15) is 0 Å². The number of nitrogens with one attached hydrogen (secondary N) is 2. The lowest BCUT2D eigenvalue weighted by Gasteiger charge is -2.47. The van der Waals surface area contributed by atoms with E-state index in [1.54, 1.807) is 0 Å². The highest BCUT2D eigenvalue weighted by Crippen LogP contribution is 2.70. The Kier molecular flexibility index (Phi) is 4.51. The molecule has 4 atom stereocenters. The fourth-order valence-corrected chi connectivity index (χ4v) is 5.34. The fourth-order valence-electron chi connectivity index (χ4n) is 4.67. The number of piperidine rings is 1. The molecule has 10 heteroatoms. The first-order chi connectivity index (χ1) is 12.7. The summed E-state index contributed by atoms with van der Waals surface area (Å²) < 4.78 is 41.5. The molecule has 4 unspecified atom stereocenters. The second kappa shape index (κ2) is 6.49. The third-order valence-corrected chi connectivity index (χ3v) is 6.92. The average Bonchev–Trinajstić information content (AvgIpc) is 3.16. The van der Waals surface area contributed by atoms with Crippen LogP contribution in [-0.4, -0.2) is 53.1 Å². The van der Waals surface area contributed by atoms with E-state index in [0.29, 0.717) is 12.8 Å². The summed E-state index contributed by atoms with van der Waals surface area (Å²) in [6, 6.07) is 0. The summed E-state index contributed by atoms with van der Waals surface area (Å²) in [7, 11) is 0. The van der Waals surface area contributed by atoms with Crippen LogP contribution in [0.3, 0.4) is 0 Å². The molecular weight excluding hydrogens is 429 g/mol. The second-order valence-electron chi connectivity index (χ2n) is 7.80. The van der Waals surface area contributed by atoms with E-state index >= 15 is 0 Å². The molecule has 0 aromatic carbocycles. The van der Waals surface area contributed by atoms with E-state index in [4.69, 9.17) is 0 Å². The predicted molar refractivity (Wildman–Crippen MR) is 94.9 cm³/mol. The number of hydrogen-bond donors (Lipinski definition) is 2. The minimum absolute atomic E-state index is 0.0787. The molecule has 0 aromatic rings. The molecule has 2 heterocycles. The lowest BCUT2D eigenvalue weighted by atomic mass is 9.67. The monoisotopic (exact) mass is 448 g/mol. The van der Waals surface area contributed by atoms with Gasteiger partial charge < -0.3 is 10.2 Å². The van der Waals surface area contributed by atoms with Crippen LogP contribution >= 0.6 is 15.9 Å². The molecule has 27 heavy (non-hydrogen) atoms. The number of likely N-dealkylation sites (tertiary alicyclic amines) is 1. The largest absolute Gasteiger partial charge is 0.332 e. The van der Waals surface area contributed by atoms with Crippen LogP contribution in [0.15, 0.2) is 17.0 Å². The number of halogens is 4. The van der Waals surface area contributed by atoms with Crippen molar-refractivity contribution in [3.05, 3.63) is 12.0 Å². The molecule has 1 saturated heterocycles. The lowest BCUT2D eigenvalue weighted by molar-refractivity contribution is -0.154. The molecule has 148 valence electrons. The maximum atomic E-state index is 14.3. The zero-order chi connectivity index (χ0) is 19.4. The Morgan fingerprint density at radius 2 is 2.19 bits per heavy atom. The number of aliphatic imine (C=N–C) groups is 1. The van der Waals surface area contributed by atoms with E-state index in [1.807, 2.05) is 0 Å². The minimum atomic E-state index is -2.80. The smallest absolute Gasteiger partial charge is 0.256 e. The van der Waals surface area contributed by atoms with Gasteiger partial charge in [-0.25, -0.2) is 18.2 Å². The summed E-state index contributed by atoms with van der Waals surface area (Å²) in [5.74, 6) is -4.77. The molecule has 2 amide bonds. The summed E-state index contributed by atoms with van der Waals surface area (Å²) in [6.45, 7) is -0.607. The first kappa shape index (κ1) is 18.8. The molecule has 0 bridgehead atoms. The van der Waals surface area contributed by atoms with Crippen LogP contribution in [0, 0.1) is 17.3 Å². The van der Waals surface area contributed by atoms with Crippen molar-refractivity contribution in [3.8, 4) is 0 Å². The zero-order valence-electron chi connectivity index (χ0n) is 14.5. The molecule has 0 radical (unpaired) electrons. The summed E-state index contributed by atoms with van der Waals surface area (Å²) in [4.78, 5) is 30.3. The third kappa shape index (κ3) is 3.25. The van der Waals surface area contributed by atoms with Crippen molar-refractivity contribution in [1.82, 2.24) is 15.5 Å². The molecule has 3 fully saturated rings. The summed E-state index contributed by atoms with van der Waals surface area (Å²) >= 11 is 3.52. The Bertz CT molecular complexity index is 744. The molecule has 4 rings (SSSR count). The number of nitrogens with zero attached hydrogens (tertiary/aromatic N) is 2. The number of alkyl halides is 3. The summed E-state index contributed by atoms with van der Waals surface area (Å²) in [6.07, 6.45) is 2.72. The van der Waals surface area contributed by atoms with E-state index in [1.165, 1.54) is 4.90 Å². The SMILES string of the molecule is O=C(CN1CC2(CC2(F)F)C2CC(Br)CCC2C1=O)NC1=NCC(F)=CN1. The predicted octanol–water partition coefficient (Wildman–Crippen LogP) is 1.92. The third-order valence-electron chi connectivity index (χ3n) is 6.08. The Labute approximate surface area is 162 Å². The second-order valence-corrected chi connectivity index (χ2v) is 9.10. The Balaban J connectivity index is 1.46. The van der Waals surface area contributed by atoms with Gasteiger partial charge >= 0.3 is 0 Å². The molecule has 2 aliphatic heterocycles. The highest BCUT2D eigenvalue weighted by Gasteiger charge is 2.77. The highest BCUT2D eigenvalue weighted by molar-refractivity contribution is 9.09. The maximum absolute atomic E-state index is 14.3. The van der Waals surface area contributed by atoms with Crippen molar-refractivity contribution in [3.63, 3.8) is 0 Å². The van der Waals surface area contributed by atoms with Crippen LogP contribution in [0.4, 0.5) is 13.2 Å². The normalized spacial score (nSPS) is 37.1. The first-order valence-corrected chi connectivity index (χ1v) is 9.89. The van der Waals surface area contributed by atoms with Crippen LogP contribution < -0.4 is 10.6 Å². The quantitative estimate of drug-likeness (QED) is 0.633. The van der Waals surface area contributed by atoms with Crippen LogP contribution in [0.25, 0.3) is 0 Å². The van der Waals surface area contributed by atoms with Gasteiger partial charge in [0.15, 0.2) is 0 Å². The van der Waals surface area contributed by atoms with Crippen molar-refractivity contribution < 1.29 is 22.8 Å². The van der Waals surface area contributed by atoms with Crippen LogP contribution in [-0.2, 0) is 9.59 Å². The highest BCUT2D eigenvalue weighted by atomic mass is 79.9. The van der Waals surface area contributed by atoms with Crippen molar-refractivity contribution >= 4 is 33.7 Å². The maximum Gasteiger partial charge on any atom is 0.256 e. The average molecular weight is 449 g/mol. The molecule has 2 aliphatic carbocycles. The van der Waals surface area contributed by atoms with E-state index in [9.17, 15) is 22.8 Å². The van der Waals surface area contributed by atoms with Crippen LogP contribution in [0.1, 0.15) is 25.7 Å². The Hall–Kier alpha value is -1.58. The standard InChI is InChI=1S/C17H20BrF3N4O2/c18-9-1-2-11-12(3-9)16(7-17(16,20)21)8-25(14(11)27)6-13(26)24-15-22-4-10(19)5-23-15/h4,9,11-12H,1-3,5-8H2,(H2,22,23,24,26). The van der Waals surface area contributed by atoms with Gasteiger partial charge in [0.1, 0.15) is 5.83 Å². The summed E-state index contributed by atoms with van der Waals surface area (Å²) in [5.41, 5.74) is -1.22. The Morgan fingerprint density at radius 3 is 2.81 bits per heavy atom. The lowest BCUT2D eigenvalue weighted by Crippen LogP contribution is -2.57. The topological polar surface area (TPSA) is 73.8 Å². The van der Waals surface area contributed by atoms with E-state index < -0.39 is 29.0 Å². The molecule has 2 saturated carbocycles. The molecular formula is C17H20BrF3N4O2. The molecule has 4 aliphatic rings. The first-order valence-electron chi connectivity index (χ1n) is 8.98. The number of fused-ring (bicyclic) bond motifs is 2. The van der Waals surface area contributed by atoms with Crippen LogP contribution in [0.2, 0.25) is 0 Å². The molecule has 2 N–H and O–H groups in total. The molecule has 6 nitrogen and oxygen atoms in total. The van der Waals surface area contributed by atoms with Gasteiger partial charge in [-0.05, 0) is 25.2 Å². The van der Waals surface area contributed by atoms with Crippen molar-refractivity contribution in [2.45, 2.75) is 36.4 Å². The van der Waals surface area contributed by atoms with Gasteiger partial charge in [-0.3, -0.25) is 14.9 Å². The number of carbonyl (C=O) groups is 2. The van der Waals surface area contributed by atoms with Crippen LogP contribution in [0.5, 0.6) is 0 Å². The van der Waals surface area contributed by atoms with Gasteiger partial charge in [0, 0.05) is 29.9 Å². The van der Waals surface area contributed by atoms with Crippen molar-refractivity contribution in [1.29, 1.82) is 0 Å². The number of guanidine groups is 1. The van der Waals surface area contributed by atoms with Gasteiger partial charge in [0.25, 0.3) is 5.92 Å². The number of rotatable bonds is 2. The number of hydrogen-bond acceptors (Lipinski definition) is 4. The van der Waals surface area contributed by atoms with Gasteiger partial charge in [-0.15, -0.1) is 0 Å². The van der Waals surface area contributed by atoms with Crippen molar-refractivity contribution in [2.75, 3.05) is 19.6 Å². The van der Waals surface area contributed by atoms with Gasteiger partial charge in [0.2, 0.25) is 17.8 Å². The number of amides is 2. The van der Waals surface area contributed by atoms with E-state index in [2.05, 4.69) is 31.6 Å². The summed E-state index contributed by atoms with van der Waals surface area (Å²) in [5, 5.41) is 4.95. The fraction of sp³-hybridized carbons (Fsp3) is 0.706. The van der Waals surface area contributed by atoms with E-state index in [0.717, 1.165) is 12.6 Å². The van der Waals surface area contributed by atoms with Gasteiger partial charge in [-0.1, -0.05) is 15.9 Å². The number of carbonyl (C=O) groups excluding carboxylic acids is 2. The van der Waals surface area contributed by atoms with E-state index in [-0.39, 0.29) is 48.7 Å². The Morgan fingerprint density at radius 1 is 1.44 bits per heavy atom. The molecule has 1 spiro atoms. The molecule has 0 aromatic heterocycles. The zero-order valence-corrected chi connectivity index (χ0v) is 16.1.